The van der Waals surface area contributed by atoms with Crippen molar-refractivity contribution in [3.8, 4) is 0 Å². The zero-order valence-corrected chi connectivity index (χ0v) is 13.9. The highest BCUT2D eigenvalue weighted by molar-refractivity contribution is 9.10. The molecular formula is C14H11BrClN3O3. The Morgan fingerprint density at radius 3 is 2.95 bits per heavy atom. The van der Waals surface area contributed by atoms with Crippen LogP contribution in [0, 0.1) is 5.92 Å². The SMILES string of the molecule is COC(=O)C1CC(=O)N(c2nc(Cl)nc3c(Br)cccc23)C1. The number of rotatable bonds is 2. The average Bonchev–Trinajstić information content (AvgIpc) is 2.88. The van der Waals surface area contributed by atoms with Crippen molar-refractivity contribution in [3.05, 3.63) is 28.0 Å². The van der Waals surface area contributed by atoms with Crippen LogP contribution in [0.25, 0.3) is 10.9 Å². The Balaban J connectivity index is 2.09. The average molecular weight is 385 g/mol. The second-order valence-electron chi connectivity index (χ2n) is 4.88. The molecule has 0 N–H and O–H groups in total. The summed E-state index contributed by atoms with van der Waals surface area (Å²) in [5.41, 5.74) is 0.617. The first kappa shape index (κ1) is 15.2. The second-order valence-corrected chi connectivity index (χ2v) is 6.07. The maximum Gasteiger partial charge on any atom is 0.311 e. The molecule has 3 rings (SSSR count). The van der Waals surface area contributed by atoms with Gasteiger partial charge in [0.2, 0.25) is 11.2 Å². The zero-order valence-electron chi connectivity index (χ0n) is 11.5. The third-order valence-electron chi connectivity index (χ3n) is 3.55. The Bertz CT molecular complexity index is 783. The number of methoxy groups -OCH3 is 1. The molecule has 0 aliphatic carbocycles. The molecule has 0 radical (unpaired) electrons. The van der Waals surface area contributed by atoms with Crippen LogP contribution in [0.3, 0.4) is 0 Å². The molecule has 2 heterocycles. The van der Waals surface area contributed by atoms with Crippen molar-refractivity contribution < 1.29 is 14.3 Å². The van der Waals surface area contributed by atoms with Crippen LogP contribution in [0.15, 0.2) is 22.7 Å². The summed E-state index contributed by atoms with van der Waals surface area (Å²) < 4.78 is 5.47. The predicted molar refractivity (Wildman–Crippen MR) is 84.7 cm³/mol. The van der Waals surface area contributed by atoms with Gasteiger partial charge in [-0.25, -0.2) is 4.98 Å². The maximum atomic E-state index is 12.2. The van der Waals surface area contributed by atoms with Gasteiger partial charge in [-0.3, -0.25) is 14.5 Å². The van der Waals surface area contributed by atoms with E-state index in [1.54, 1.807) is 0 Å². The first-order valence-corrected chi connectivity index (χ1v) is 7.68. The van der Waals surface area contributed by atoms with Crippen LogP contribution in [0.1, 0.15) is 6.42 Å². The molecule has 0 spiro atoms. The topological polar surface area (TPSA) is 72.4 Å². The van der Waals surface area contributed by atoms with Gasteiger partial charge in [-0.05, 0) is 39.7 Å². The number of benzene rings is 1. The summed E-state index contributed by atoms with van der Waals surface area (Å²) in [6.45, 7) is 0.223. The van der Waals surface area contributed by atoms with Crippen molar-refractivity contribution in [1.29, 1.82) is 0 Å². The van der Waals surface area contributed by atoms with Gasteiger partial charge in [-0.15, -0.1) is 0 Å². The number of aromatic nitrogens is 2. The van der Waals surface area contributed by atoms with Crippen molar-refractivity contribution in [1.82, 2.24) is 9.97 Å². The highest BCUT2D eigenvalue weighted by atomic mass is 79.9. The molecule has 1 aromatic carbocycles. The number of amides is 1. The molecule has 1 aromatic heterocycles. The molecule has 6 nitrogen and oxygen atoms in total. The number of hydrogen-bond donors (Lipinski definition) is 0. The summed E-state index contributed by atoms with van der Waals surface area (Å²) in [6.07, 6.45) is 0.101. The van der Waals surface area contributed by atoms with Crippen LogP contribution in [-0.2, 0) is 14.3 Å². The van der Waals surface area contributed by atoms with Gasteiger partial charge in [-0.2, -0.15) is 4.98 Å². The zero-order chi connectivity index (χ0) is 15.9. The molecule has 1 fully saturated rings. The summed E-state index contributed by atoms with van der Waals surface area (Å²) in [7, 11) is 1.31. The molecule has 1 amide bonds. The number of nitrogens with zero attached hydrogens (tertiary/aromatic N) is 3. The first-order chi connectivity index (χ1) is 10.5. The standard InChI is InChI=1S/C14H11BrClN3O3/c1-22-13(21)7-5-10(20)19(6-7)12-8-3-2-4-9(15)11(8)17-14(16)18-12/h2-4,7H,5-6H2,1H3. The van der Waals surface area contributed by atoms with E-state index in [1.807, 2.05) is 18.2 Å². The minimum absolute atomic E-state index is 0.0451. The predicted octanol–water partition coefficient (Wildman–Crippen LogP) is 2.57. The van der Waals surface area contributed by atoms with Crippen LogP contribution in [0.2, 0.25) is 5.28 Å². The number of ether oxygens (including phenoxy) is 1. The highest BCUT2D eigenvalue weighted by Crippen LogP contribution is 2.33. The van der Waals surface area contributed by atoms with Gasteiger partial charge in [0.05, 0.1) is 18.5 Å². The van der Waals surface area contributed by atoms with E-state index >= 15 is 0 Å². The molecule has 22 heavy (non-hydrogen) atoms. The van der Waals surface area contributed by atoms with Crippen molar-refractivity contribution >= 4 is 56.1 Å². The number of para-hydroxylation sites is 1. The third kappa shape index (κ3) is 2.55. The van der Waals surface area contributed by atoms with Crippen LogP contribution in [0.5, 0.6) is 0 Å². The summed E-state index contributed by atoms with van der Waals surface area (Å²) in [4.78, 5) is 33.7. The Morgan fingerprint density at radius 2 is 2.23 bits per heavy atom. The number of esters is 1. The number of carbonyl (C=O) groups is 2. The lowest BCUT2D eigenvalue weighted by atomic mass is 10.1. The van der Waals surface area contributed by atoms with Crippen LogP contribution >= 0.6 is 27.5 Å². The normalized spacial score (nSPS) is 18.0. The summed E-state index contributed by atoms with van der Waals surface area (Å²) >= 11 is 9.38. The Labute approximate surface area is 139 Å². The van der Waals surface area contributed by atoms with Gasteiger partial charge < -0.3 is 4.74 Å². The van der Waals surface area contributed by atoms with Crippen molar-refractivity contribution in [2.45, 2.75) is 6.42 Å². The molecule has 1 aliphatic rings. The lowest BCUT2D eigenvalue weighted by Gasteiger charge is -2.17. The van der Waals surface area contributed by atoms with E-state index in [1.165, 1.54) is 12.0 Å². The molecule has 1 saturated heterocycles. The number of hydrogen-bond acceptors (Lipinski definition) is 5. The van der Waals surface area contributed by atoms with E-state index < -0.39 is 11.9 Å². The maximum absolute atomic E-state index is 12.2. The molecule has 114 valence electrons. The van der Waals surface area contributed by atoms with Gasteiger partial charge in [0.1, 0.15) is 5.82 Å². The Hall–Kier alpha value is -1.73. The van der Waals surface area contributed by atoms with Gasteiger partial charge in [0.15, 0.2) is 0 Å². The quantitative estimate of drug-likeness (QED) is 0.588. The number of anilines is 1. The summed E-state index contributed by atoms with van der Waals surface area (Å²) in [5, 5.41) is 0.737. The Kier molecular flexibility index (Phi) is 4.01. The molecule has 8 heteroatoms. The van der Waals surface area contributed by atoms with Crippen LogP contribution < -0.4 is 4.90 Å². The summed E-state index contributed by atoms with van der Waals surface area (Å²) in [5.74, 6) is -0.672. The Morgan fingerprint density at radius 1 is 1.45 bits per heavy atom. The van der Waals surface area contributed by atoms with E-state index in [4.69, 9.17) is 16.3 Å². The fourth-order valence-corrected chi connectivity index (χ4v) is 3.14. The van der Waals surface area contributed by atoms with Gasteiger partial charge >= 0.3 is 5.97 Å². The highest BCUT2D eigenvalue weighted by Gasteiger charge is 2.37. The molecule has 2 aromatic rings. The minimum atomic E-state index is -0.492. The number of carbonyl (C=O) groups excluding carboxylic acids is 2. The van der Waals surface area contributed by atoms with E-state index in [0.29, 0.717) is 16.7 Å². The largest absolute Gasteiger partial charge is 0.469 e. The fourth-order valence-electron chi connectivity index (χ4n) is 2.52. The first-order valence-electron chi connectivity index (χ1n) is 6.51. The smallest absolute Gasteiger partial charge is 0.311 e. The van der Waals surface area contributed by atoms with E-state index in [2.05, 4.69) is 25.9 Å². The fraction of sp³-hybridized carbons (Fsp3) is 0.286. The molecule has 1 aliphatic heterocycles. The van der Waals surface area contributed by atoms with Crippen LogP contribution in [0.4, 0.5) is 5.82 Å². The van der Waals surface area contributed by atoms with E-state index in [-0.39, 0.29) is 24.2 Å². The lowest BCUT2D eigenvalue weighted by Crippen LogP contribution is -2.27. The van der Waals surface area contributed by atoms with E-state index in [0.717, 1.165) is 4.47 Å². The molecule has 0 bridgehead atoms. The van der Waals surface area contributed by atoms with Gasteiger partial charge in [-0.1, -0.05) is 6.07 Å². The van der Waals surface area contributed by atoms with Crippen molar-refractivity contribution in [2.24, 2.45) is 5.92 Å². The van der Waals surface area contributed by atoms with Gasteiger partial charge in [0.25, 0.3) is 0 Å². The summed E-state index contributed by atoms with van der Waals surface area (Å²) in [6, 6.07) is 5.47. The lowest BCUT2D eigenvalue weighted by molar-refractivity contribution is -0.145. The third-order valence-corrected chi connectivity index (χ3v) is 4.35. The molecule has 1 unspecified atom stereocenters. The molecule has 1 atom stereocenters. The molecule has 0 saturated carbocycles. The van der Waals surface area contributed by atoms with E-state index in [9.17, 15) is 9.59 Å². The minimum Gasteiger partial charge on any atom is -0.469 e. The van der Waals surface area contributed by atoms with Crippen molar-refractivity contribution in [2.75, 3.05) is 18.6 Å². The van der Waals surface area contributed by atoms with Crippen LogP contribution in [-0.4, -0.2) is 35.5 Å². The van der Waals surface area contributed by atoms with Gasteiger partial charge in [0, 0.05) is 22.8 Å². The number of halogens is 2. The monoisotopic (exact) mass is 383 g/mol. The number of fused-ring (bicyclic) bond motifs is 1. The molecular weight excluding hydrogens is 374 g/mol. The van der Waals surface area contributed by atoms with Crippen molar-refractivity contribution in [3.63, 3.8) is 0 Å². The second kappa shape index (κ2) is 5.81.